The Labute approximate surface area is 139 Å². The molecule has 0 amide bonds. The molecular weight excluding hydrogens is 346 g/mol. The van der Waals surface area contributed by atoms with E-state index < -0.39 is 41.8 Å². The number of Topliss-reactive ketones (excluding diaryl/α,β-unsaturated/α-hetero) is 1. The standard InChI is InChI=1S/C16H13F4NO4/c1-25-15(24)12-6-21-5-11(13(23)7-22)14(12)8-2-9(16(18,19)20)4-10(17)3-8/h2-6,14,21-22H,7H2,1H3. The molecule has 1 aromatic rings. The highest BCUT2D eigenvalue weighted by Gasteiger charge is 2.36. The van der Waals surface area contributed by atoms with Gasteiger partial charge in [-0.2, -0.15) is 13.2 Å². The van der Waals surface area contributed by atoms with Gasteiger partial charge in [-0.3, -0.25) is 4.79 Å². The lowest BCUT2D eigenvalue weighted by molar-refractivity contribution is -0.138. The summed E-state index contributed by atoms with van der Waals surface area (Å²) in [6.07, 6.45) is -2.54. The van der Waals surface area contributed by atoms with Crippen molar-refractivity contribution < 1.29 is 37.0 Å². The molecule has 25 heavy (non-hydrogen) atoms. The van der Waals surface area contributed by atoms with Crippen LogP contribution in [0.2, 0.25) is 0 Å². The number of methoxy groups -OCH3 is 1. The van der Waals surface area contributed by atoms with Crippen LogP contribution in [0.3, 0.4) is 0 Å². The second kappa shape index (κ2) is 7.06. The van der Waals surface area contributed by atoms with Crippen molar-refractivity contribution in [2.75, 3.05) is 13.7 Å². The lowest BCUT2D eigenvalue weighted by atomic mass is 9.81. The van der Waals surface area contributed by atoms with Crippen molar-refractivity contribution in [3.8, 4) is 0 Å². The molecule has 1 aromatic carbocycles. The number of ketones is 1. The van der Waals surface area contributed by atoms with Gasteiger partial charge in [0.05, 0.1) is 18.2 Å². The molecule has 134 valence electrons. The third-order valence-corrected chi connectivity index (χ3v) is 3.57. The fourth-order valence-corrected chi connectivity index (χ4v) is 2.48. The SMILES string of the molecule is COC(=O)C1=CNC=C(C(=O)CO)C1c1cc(F)cc(C(F)(F)F)c1. The minimum Gasteiger partial charge on any atom is -0.466 e. The van der Waals surface area contributed by atoms with E-state index in [0.717, 1.165) is 25.6 Å². The fraction of sp³-hybridized carbons (Fsp3) is 0.250. The van der Waals surface area contributed by atoms with E-state index in [0.29, 0.717) is 12.1 Å². The zero-order valence-electron chi connectivity index (χ0n) is 12.9. The number of ether oxygens (including phenoxy) is 1. The quantitative estimate of drug-likeness (QED) is 0.636. The number of hydrogen-bond donors (Lipinski definition) is 2. The molecule has 9 heteroatoms. The van der Waals surface area contributed by atoms with Gasteiger partial charge in [-0.15, -0.1) is 0 Å². The predicted octanol–water partition coefficient (Wildman–Crippen LogP) is 2.03. The number of carbonyl (C=O) groups excluding carboxylic acids is 2. The first-order chi connectivity index (χ1) is 11.7. The maximum atomic E-state index is 13.7. The first-order valence-electron chi connectivity index (χ1n) is 6.95. The van der Waals surface area contributed by atoms with Crippen LogP contribution in [-0.4, -0.2) is 30.6 Å². The van der Waals surface area contributed by atoms with E-state index in [4.69, 9.17) is 5.11 Å². The van der Waals surface area contributed by atoms with E-state index in [2.05, 4.69) is 10.1 Å². The molecular formula is C16H13F4NO4. The molecule has 0 fully saturated rings. The number of benzene rings is 1. The molecule has 1 aliphatic rings. The molecule has 5 nitrogen and oxygen atoms in total. The number of aliphatic hydroxyl groups is 1. The average Bonchev–Trinajstić information content (AvgIpc) is 2.58. The third-order valence-electron chi connectivity index (χ3n) is 3.57. The van der Waals surface area contributed by atoms with Crippen LogP contribution in [0.1, 0.15) is 17.0 Å². The highest BCUT2D eigenvalue weighted by Crippen LogP contribution is 2.38. The highest BCUT2D eigenvalue weighted by atomic mass is 19.4. The van der Waals surface area contributed by atoms with Crippen LogP contribution in [-0.2, 0) is 20.5 Å². The summed E-state index contributed by atoms with van der Waals surface area (Å²) < 4.78 is 57.2. The molecule has 2 rings (SSSR count). The van der Waals surface area contributed by atoms with Gasteiger partial charge in [-0.25, -0.2) is 9.18 Å². The number of alkyl halides is 3. The number of dihydropyridines is 1. The Morgan fingerprint density at radius 3 is 2.40 bits per heavy atom. The number of hydrogen-bond acceptors (Lipinski definition) is 5. The van der Waals surface area contributed by atoms with Gasteiger partial charge in [-0.1, -0.05) is 0 Å². The van der Waals surface area contributed by atoms with Gasteiger partial charge in [0, 0.05) is 23.9 Å². The minimum atomic E-state index is -4.82. The highest BCUT2D eigenvalue weighted by molar-refractivity contribution is 6.02. The van der Waals surface area contributed by atoms with E-state index in [1.165, 1.54) is 0 Å². The smallest absolute Gasteiger partial charge is 0.416 e. The molecule has 0 saturated heterocycles. The van der Waals surface area contributed by atoms with Crippen molar-refractivity contribution in [1.82, 2.24) is 5.32 Å². The second-order valence-electron chi connectivity index (χ2n) is 5.14. The Balaban J connectivity index is 2.64. The first-order valence-corrected chi connectivity index (χ1v) is 6.95. The van der Waals surface area contributed by atoms with Gasteiger partial charge in [0.1, 0.15) is 12.4 Å². The molecule has 0 aliphatic carbocycles. The number of carbonyl (C=O) groups is 2. The van der Waals surface area contributed by atoms with Crippen molar-refractivity contribution >= 4 is 11.8 Å². The summed E-state index contributed by atoms with van der Waals surface area (Å²) in [5.41, 5.74) is -1.91. The Morgan fingerprint density at radius 2 is 1.84 bits per heavy atom. The molecule has 1 unspecified atom stereocenters. The Hall–Kier alpha value is -2.68. The summed E-state index contributed by atoms with van der Waals surface area (Å²) in [4.78, 5) is 23.8. The molecule has 0 saturated carbocycles. The summed E-state index contributed by atoms with van der Waals surface area (Å²) in [5.74, 6) is -4.23. The Bertz CT molecular complexity index is 736. The van der Waals surface area contributed by atoms with Crippen molar-refractivity contribution in [1.29, 1.82) is 0 Å². The van der Waals surface area contributed by atoms with Crippen molar-refractivity contribution in [2.45, 2.75) is 12.1 Å². The predicted molar refractivity (Wildman–Crippen MR) is 77.6 cm³/mol. The molecule has 0 bridgehead atoms. The van der Waals surface area contributed by atoms with Gasteiger partial charge < -0.3 is 15.2 Å². The Morgan fingerprint density at radius 1 is 1.20 bits per heavy atom. The van der Waals surface area contributed by atoms with Crippen LogP contribution < -0.4 is 5.32 Å². The fourth-order valence-electron chi connectivity index (χ4n) is 2.48. The van der Waals surface area contributed by atoms with E-state index in [9.17, 15) is 27.2 Å². The van der Waals surface area contributed by atoms with Gasteiger partial charge in [0.25, 0.3) is 0 Å². The van der Waals surface area contributed by atoms with E-state index in [1.54, 1.807) is 0 Å². The maximum Gasteiger partial charge on any atom is 0.416 e. The summed E-state index contributed by atoms with van der Waals surface area (Å²) in [7, 11) is 1.05. The maximum absolute atomic E-state index is 13.7. The topological polar surface area (TPSA) is 75.6 Å². The van der Waals surface area contributed by atoms with E-state index >= 15 is 0 Å². The van der Waals surface area contributed by atoms with Crippen LogP contribution in [0.15, 0.2) is 41.7 Å². The molecule has 1 atom stereocenters. The van der Waals surface area contributed by atoms with Crippen LogP contribution in [0.4, 0.5) is 17.6 Å². The van der Waals surface area contributed by atoms with E-state index in [-0.39, 0.29) is 16.7 Å². The zero-order valence-corrected chi connectivity index (χ0v) is 12.9. The largest absolute Gasteiger partial charge is 0.466 e. The van der Waals surface area contributed by atoms with Gasteiger partial charge in [0.15, 0.2) is 5.78 Å². The van der Waals surface area contributed by atoms with Gasteiger partial charge in [-0.05, 0) is 23.8 Å². The third kappa shape index (κ3) is 3.87. The molecule has 0 radical (unpaired) electrons. The normalized spacial score (nSPS) is 17.3. The van der Waals surface area contributed by atoms with Gasteiger partial charge >= 0.3 is 12.1 Å². The first kappa shape index (κ1) is 18.7. The lowest BCUT2D eigenvalue weighted by Crippen LogP contribution is -2.27. The summed E-state index contributed by atoms with van der Waals surface area (Å²) in [6, 6.07) is 1.75. The number of esters is 1. The molecule has 1 aliphatic heterocycles. The number of halogens is 4. The molecule has 2 N–H and O–H groups in total. The van der Waals surface area contributed by atoms with Crippen LogP contribution in [0.5, 0.6) is 0 Å². The van der Waals surface area contributed by atoms with Crippen molar-refractivity contribution in [3.05, 3.63) is 58.7 Å². The van der Waals surface area contributed by atoms with E-state index in [1.807, 2.05) is 0 Å². The van der Waals surface area contributed by atoms with Crippen LogP contribution in [0.25, 0.3) is 0 Å². The van der Waals surface area contributed by atoms with Crippen molar-refractivity contribution in [3.63, 3.8) is 0 Å². The molecule has 0 aromatic heterocycles. The summed E-state index contributed by atoms with van der Waals surface area (Å²) >= 11 is 0. The zero-order chi connectivity index (χ0) is 18.8. The van der Waals surface area contributed by atoms with Crippen molar-refractivity contribution in [2.24, 2.45) is 0 Å². The number of nitrogens with one attached hydrogen (secondary N) is 1. The van der Waals surface area contributed by atoms with Gasteiger partial charge in [0.2, 0.25) is 0 Å². The number of rotatable bonds is 4. The summed E-state index contributed by atoms with van der Waals surface area (Å²) in [5, 5.41) is 11.6. The molecule has 0 spiro atoms. The van der Waals surface area contributed by atoms with Crippen LogP contribution >= 0.6 is 0 Å². The average molecular weight is 359 g/mol. The lowest BCUT2D eigenvalue weighted by Gasteiger charge is -2.25. The minimum absolute atomic E-state index is 0.191. The Kier molecular flexibility index (Phi) is 5.27. The van der Waals surface area contributed by atoms with Crippen LogP contribution in [0, 0.1) is 5.82 Å². The number of aliphatic hydroxyl groups excluding tert-OH is 1. The molecule has 1 heterocycles. The summed E-state index contributed by atoms with van der Waals surface area (Å²) in [6.45, 7) is -0.931. The monoisotopic (exact) mass is 359 g/mol. The second-order valence-corrected chi connectivity index (χ2v) is 5.14.